The molecule has 5 aromatic rings. The zero-order valence-corrected chi connectivity index (χ0v) is 17.3. The number of ether oxygens (including phenoxy) is 1. The summed E-state index contributed by atoms with van der Waals surface area (Å²) in [5.41, 5.74) is 1.09. The van der Waals surface area contributed by atoms with Crippen LogP contribution >= 0.6 is 0 Å². The van der Waals surface area contributed by atoms with Gasteiger partial charge in [-0.1, -0.05) is 18.2 Å². The van der Waals surface area contributed by atoms with Gasteiger partial charge in [0.2, 0.25) is 11.3 Å². The van der Waals surface area contributed by atoms with E-state index in [0.717, 1.165) is 16.4 Å². The highest BCUT2D eigenvalue weighted by Gasteiger charge is 2.16. The van der Waals surface area contributed by atoms with E-state index in [9.17, 15) is 13.6 Å². The quantitative estimate of drug-likeness (QED) is 0.379. The van der Waals surface area contributed by atoms with Crippen molar-refractivity contribution in [1.29, 1.82) is 0 Å². The van der Waals surface area contributed by atoms with Crippen LogP contribution in [0, 0.1) is 5.82 Å². The van der Waals surface area contributed by atoms with Crippen LogP contribution in [0.3, 0.4) is 0 Å². The Balaban J connectivity index is 1.54. The highest BCUT2D eigenvalue weighted by atomic mass is 19.3. The number of nitrogens with zero attached hydrogens (tertiary/aromatic N) is 6. The van der Waals surface area contributed by atoms with Crippen LogP contribution in [0.25, 0.3) is 28.5 Å². The molecule has 0 radical (unpaired) electrons. The van der Waals surface area contributed by atoms with Crippen molar-refractivity contribution in [2.45, 2.75) is 6.61 Å². The number of hydrogen-bond donors (Lipinski definition) is 0. The van der Waals surface area contributed by atoms with Gasteiger partial charge in [-0.2, -0.15) is 24.1 Å². The molecule has 3 heterocycles. The molecule has 11 heteroatoms. The predicted octanol–water partition coefficient (Wildman–Crippen LogP) is 4.01. The normalized spacial score (nSPS) is 11.2. The zero-order chi connectivity index (χ0) is 23.7. The Hall–Kier alpha value is -4.67. The summed E-state index contributed by atoms with van der Waals surface area (Å²) in [4.78, 5) is 12.6. The van der Waals surface area contributed by atoms with Crippen molar-refractivity contribution in [3.05, 3.63) is 101 Å². The summed E-state index contributed by atoms with van der Waals surface area (Å²) in [7, 11) is 0. The van der Waals surface area contributed by atoms with Gasteiger partial charge in [0, 0.05) is 24.4 Å². The fraction of sp³-hybridized carbons (Fsp3) is 0.0435. The van der Waals surface area contributed by atoms with Crippen LogP contribution in [-0.4, -0.2) is 36.0 Å². The highest BCUT2D eigenvalue weighted by Crippen LogP contribution is 2.23. The maximum absolute atomic E-state index is 15.1. The molecule has 2 aromatic carbocycles. The number of benzene rings is 2. The van der Waals surface area contributed by atoms with Crippen molar-refractivity contribution >= 4 is 0 Å². The van der Waals surface area contributed by atoms with E-state index in [1.807, 2.05) is 30.3 Å². The second-order valence-electron chi connectivity index (χ2n) is 7.03. The summed E-state index contributed by atoms with van der Waals surface area (Å²) >= 11 is 0. The second-order valence-corrected chi connectivity index (χ2v) is 7.03. The molecule has 0 N–H and O–H groups in total. The molecule has 0 unspecified atom stereocenters. The number of alkyl halides is 2. The van der Waals surface area contributed by atoms with Crippen molar-refractivity contribution in [2.75, 3.05) is 0 Å². The first-order valence-electron chi connectivity index (χ1n) is 10.0. The molecule has 0 aliphatic carbocycles. The Kier molecular flexibility index (Phi) is 5.42. The van der Waals surface area contributed by atoms with E-state index in [1.54, 1.807) is 16.9 Å². The lowest BCUT2D eigenvalue weighted by Crippen LogP contribution is -2.15. The topological polar surface area (TPSA) is 79.8 Å². The SMILES string of the molecule is O=c1ccn(-c2ccc(-n3nccc3OC(F)F)cc2F)nc1-c1ccnn1-c1ccccc1. The fourth-order valence-electron chi connectivity index (χ4n) is 3.46. The molecule has 0 saturated heterocycles. The Morgan fingerprint density at radius 2 is 1.62 bits per heavy atom. The van der Waals surface area contributed by atoms with Gasteiger partial charge in [-0.3, -0.25) is 4.79 Å². The first kappa shape index (κ1) is 21.2. The van der Waals surface area contributed by atoms with Gasteiger partial charge in [0.15, 0.2) is 11.5 Å². The molecule has 0 aliphatic rings. The van der Waals surface area contributed by atoms with Crippen molar-refractivity contribution in [3.8, 4) is 34.3 Å². The molecular weight excluding hydrogens is 449 g/mol. The third-order valence-corrected chi connectivity index (χ3v) is 4.93. The van der Waals surface area contributed by atoms with Gasteiger partial charge in [0.05, 0.1) is 29.5 Å². The first-order valence-corrected chi connectivity index (χ1v) is 10.0. The molecule has 0 fully saturated rings. The van der Waals surface area contributed by atoms with E-state index >= 15 is 4.39 Å². The van der Waals surface area contributed by atoms with Crippen LogP contribution in [0.2, 0.25) is 0 Å². The lowest BCUT2D eigenvalue weighted by atomic mass is 10.2. The molecule has 0 aliphatic heterocycles. The lowest BCUT2D eigenvalue weighted by molar-refractivity contribution is -0.0544. The van der Waals surface area contributed by atoms with Crippen molar-refractivity contribution in [1.82, 2.24) is 29.3 Å². The minimum absolute atomic E-state index is 0.0410. The molecule has 0 bridgehead atoms. The Morgan fingerprint density at radius 1 is 0.853 bits per heavy atom. The van der Waals surface area contributed by atoms with E-state index in [2.05, 4.69) is 20.0 Å². The Bertz CT molecular complexity index is 1510. The zero-order valence-electron chi connectivity index (χ0n) is 17.3. The van der Waals surface area contributed by atoms with Crippen molar-refractivity contribution in [3.63, 3.8) is 0 Å². The standard InChI is InChI=1S/C23H15F3N6O2/c24-17-14-16(32-21(9-12-28-32)34-23(25)26)6-7-18(17)30-13-10-20(33)22(29-30)19-8-11-27-31(19)15-4-2-1-3-5-15/h1-14,23H. The molecule has 0 atom stereocenters. The maximum Gasteiger partial charge on any atom is 0.388 e. The minimum atomic E-state index is -3.05. The molecule has 0 saturated carbocycles. The van der Waals surface area contributed by atoms with E-state index in [1.165, 1.54) is 41.3 Å². The summed E-state index contributed by atoms with van der Waals surface area (Å²) in [6.07, 6.45) is 4.14. The summed E-state index contributed by atoms with van der Waals surface area (Å²) in [6.45, 7) is -3.05. The van der Waals surface area contributed by atoms with Crippen LogP contribution in [0.1, 0.15) is 0 Å². The van der Waals surface area contributed by atoms with E-state index < -0.39 is 12.4 Å². The van der Waals surface area contributed by atoms with Gasteiger partial charge >= 0.3 is 6.61 Å². The molecule has 0 amide bonds. The molecule has 34 heavy (non-hydrogen) atoms. The van der Waals surface area contributed by atoms with E-state index in [0.29, 0.717) is 5.69 Å². The number of aromatic nitrogens is 6. The number of halogens is 3. The third kappa shape index (κ3) is 3.94. The van der Waals surface area contributed by atoms with Crippen LogP contribution in [0.4, 0.5) is 13.2 Å². The Labute approximate surface area is 190 Å². The average molecular weight is 464 g/mol. The van der Waals surface area contributed by atoms with Gasteiger partial charge < -0.3 is 4.74 Å². The average Bonchev–Trinajstić information content (AvgIpc) is 3.50. The predicted molar refractivity (Wildman–Crippen MR) is 116 cm³/mol. The smallest absolute Gasteiger partial charge is 0.388 e. The summed E-state index contributed by atoms with van der Waals surface area (Å²) in [5, 5.41) is 12.5. The fourth-order valence-corrected chi connectivity index (χ4v) is 3.46. The largest absolute Gasteiger partial charge is 0.417 e. The van der Waals surface area contributed by atoms with Crippen LogP contribution < -0.4 is 10.2 Å². The van der Waals surface area contributed by atoms with Crippen LogP contribution in [-0.2, 0) is 0 Å². The number of para-hydroxylation sites is 1. The van der Waals surface area contributed by atoms with Gasteiger partial charge in [0.25, 0.3) is 0 Å². The van der Waals surface area contributed by atoms with E-state index in [-0.39, 0.29) is 28.4 Å². The molecule has 3 aromatic heterocycles. The molecule has 0 spiro atoms. The maximum atomic E-state index is 15.1. The molecule has 5 rings (SSSR count). The minimum Gasteiger partial charge on any atom is -0.417 e. The molecular formula is C23H15F3N6O2. The number of hydrogen-bond acceptors (Lipinski definition) is 5. The van der Waals surface area contributed by atoms with Crippen molar-refractivity contribution in [2.24, 2.45) is 0 Å². The lowest BCUT2D eigenvalue weighted by Gasteiger charge is -2.12. The van der Waals surface area contributed by atoms with E-state index in [4.69, 9.17) is 0 Å². The molecule has 170 valence electrons. The Morgan fingerprint density at radius 3 is 2.38 bits per heavy atom. The molecule has 8 nitrogen and oxygen atoms in total. The first-order chi connectivity index (χ1) is 16.5. The van der Waals surface area contributed by atoms with Gasteiger partial charge in [0.1, 0.15) is 5.69 Å². The third-order valence-electron chi connectivity index (χ3n) is 4.93. The van der Waals surface area contributed by atoms with Crippen LogP contribution in [0.15, 0.2) is 90.1 Å². The number of rotatable bonds is 6. The van der Waals surface area contributed by atoms with Crippen LogP contribution in [0.5, 0.6) is 5.88 Å². The van der Waals surface area contributed by atoms with Gasteiger partial charge in [-0.15, -0.1) is 0 Å². The summed E-state index contributed by atoms with van der Waals surface area (Å²) < 4.78 is 48.5. The van der Waals surface area contributed by atoms with Gasteiger partial charge in [-0.05, 0) is 30.3 Å². The summed E-state index contributed by atoms with van der Waals surface area (Å²) in [6, 6.07) is 17.3. The van der Waals surface area contributed by atoms with Crippen molar-refractivity contribution < 1.29 is 17.9 Å². The van der Waals surface area contributed by atoms with Gasteiger partial charge in [-0.25, -0.2) is 18.4 Å². The second kappa shape index (κ2) is 8.70. The monoisotopic (exact) mass is 464 g/mol. The summed E-state index contributed by atoms with van der Waals surface area (Å²) in [5.74, 6) is -0.949. The highest BCUT2D eigenvalue weighted by molar-refractivity contribution is 5.57.